The summed E-state index contributed by atoms with van der Waals surface area (Å²) in [7, 11) is -4.50. The molecule has 0 saturated carbocycles. The third kappa shape index (κ3) is 8.23. The van der Waals surface area contributed by atoms with Crippen molar-refractivity contribution in [1.82, 2.24) is 0 Å². The van der Waals surface area contributed by atoms with Crippen LogP contribution in [-0.4, -0.2) is 13.0 Å². The molecule has 4 rings (SSSR count). The fourth-order valence-electron chi connectivity index (χ4n) is 6.60. The van der Waals surface area contributed by atoms with Crippen LogP contribution in [0.2, 0.25) is 0 Å². The zero-order valence-electron chi connectivity index (χ0n) is 25.8. The van der Waals surface area contributed by atoms with Crippen molar-refractivity contribution >= 4 is 31.7 Å². The van der Waals surface area contributed by atoms with E-state index in [1.54, 1.807) is 0 Å². The Labute approximate surface area is 254 Å². The molecule has 0 saturated heterocycles. The summed E-state index contributed by atoms with van der Waals surface area (Å²) in [6, 6.07) is 22.1. The number of aryl methyl sites for hydroxylation is 1. The first-order chi connectivity index (χ1) is 20.5. The van der Waals surface area contributed by atoms with Gasteiger partial charge in [-0.05, 0) is 58.5 Å². The molecule has 42 heavy (non-hydrogen) atoms. The molecule has 4 heteroatoms. The van der Waals surface area contributed by atoms with E-state index in [1.165, 1.54) is 76.2 Å². The summed E-state index contributed by atoms with van der Waals surface area (Å²) in [5.41, 5.74) is 3.97. The van der Waals surface area contributed by atoms with Crippen molar-refractivity contribution in [2.24, 2.45) is 0 Å². The molecule has 0 atom stereocenters. The first kappa shape index (κ1) is 32.2. The Bertz CT molecular complexity index is 1530. The number of hydrogen-bond donors (Lipinski definition) is 1. The van der Waals surface area contributed by atoms with Crippen LogP contribution in [0.3, 0.4) is 0 Å². The Hall–Kier alpha value is -2.69. The van der Waals surface area contributed by atoms with Gasteiger partial charge in [0.15, 0.2) is 0 Å². The lowest BCUT2D eigenvalue weighted by Gasteiger charge is -2.23. The molecule has 0 aliphatic heterocycles. The normalized spacial score (nSPS) is 12.0. The van der Waals surface area contributed by atoms with Crippen molar-refractivity contribution in [2.75, 3.05) is 0 Å². The monoisotopic (exact) mass is 586 g/mol. The number of hydrogen-bond acceptors (Lipinski definition) is 2. The molecule has 4 aromatic rings. The molecule has 0 spiro atoms. The fraction of sp³-hybridized carbons (Fsp3) is 0.474. The maximum Gasteiger partial charge on any atom is 0.295 e. The molecule has 3 nitrogen and oxygen atoms in total. The van der Waals surface area contributed by atoms with Crippen LogP contribution in [-0.2, 0) is 23.0 Å². The van der Waals surface area contributed by atoms with Crippen molar-refractivity contribution in [3.8, 4) is 11.1 Å². The second-order valence-electron chi connectivity index (χ2n) is 12.0. The van der Waals surface area contributed by atoms with Crippen molar-refractivity contribution in [3.63, 3.8) is 0 Å². The molecule has 0 amide bonds. The van der Waals surface area contributed by atoms with Crippen molar-refractivity contribution in [2.45, 2.75) is 121 Å². The van der Waals surface area contributed by atoms with E-state index in [2.05, 4.69) is 38.1 Å². The Kier molecular flexibility index (Phi) is 12.5. The van der Waals surface area contributed by atoms with E-state index in [1.807, 2.05) is 42.5 Å². The third-order valence-electron chi connectivity index (χ3n) is 8.77. The molecule has 0 heterocycles. The quantitative estimate of drug-likeness (QED) is 0.0932. The number of benzene rings is 4. The van der Waals surface area contributed by atoms with Gasteiger partial charge in [-0.2, -0.15) is 8.42 Å². The van der Waals surface area contributed by atoms with Gasteiger partial charge in [0.2, 0.25) is 0 Å². The second-order valence-corrected chi connectivity index (χ2v) is 13.3. The molecule has 0 bridgehead atoms. The Morgan fingerprint density at radius 1 is 0.524 bits per heavy atom. The summed E-state index contributed by atoms with van der Waals surface area (Å²) >= 11 is 0. The van der Waals surface area contributed by atoms with E-state index in [9.17, 15) is 13.0 Å². The predicted molar refractivity (Wildman–Crippen MR) is 180 cm³/mol. The summed E-state index contributed by atoms with van der Waals surface area (Å²) < 4.78 is 37.3. The minimum absolute atomic E-state index is 0.0655. The third-order valence-corrected chi connectivity index (χ3v) is 9.71. The summed E-state index contributed by atoms with van der Waals surface area (Å²) in [5, 5.41) is 3.69. The van der Waals surface area contributed by atoms with Gasteiger partial charge in [-0.1, -0.05) is 158 Å². The molecule has 0 fully saturated rings. The first-order valence-electron chi connectivity index (χ1n) is 16.5. The van der Waals surface area contributed by atoms with E-state index in [-0.39, 0.29) is 4.90 Å². The van der Waals surface area contributed by atoms with Crippen LogP contribution in [0, 0.1) is 0 Å². The predicted octanol–water partition coefficient (Wildman–Crippen LogP) is 11.5. The molecule has 0 aliphatic rings. The average molecular weight is 587 g/mol. The SMILES string of the molecule is CCCCCCCCCc1c(-c2cccc3ccccc23)c(S(=O)(=O)O)c2ccccc2c1CCCCCCCCC. The minimum atomic E-state index is -4.50. The van der Waals surface area contributed by atoms with Crippen LogP contribution in [0.5, 0.6) is 0 Å². The van der Waals surface area contributed by atoms with E-state index in [0.717, 1.165) is 59.4 Å². The highest BCUT2D eigenvalue weighted by molar-refractivity contribution is 7.86. The summed E-state index contributed by atoms with van der Waals surface area (Å²) in [4.78, 5) is 0.0655. The molecule has 0 aromatic heterocycles. The molecule has 1 N–H and O–H groups in total. The summed E-state index contributed by atoms with van der Waals surface area (Å²) in [5.74, 6) is 0. The Balaban J connectivity index is 1.83. The van der Waals surface area contributed by atoms with Crippen LogP contribution in [0.1, 0.15) is 115 Å². The molecule has 4 aromatic carbocycles. The van der Waals surface area contributed by atoms with Gasteiger partial charge in [-0.3, -0.25) is 4.55 Å². The van der Waals surface area contributed by atoms with Crippen molar-refractivity contribution in [1.29, 1.82) is 0 Å². The second kappa shape index (κ2) is 16.2. The molecular formula is C38H50O3S. The fourth-order valence-corrected chi connectivity index (χ4v) is 7.55. The van der Waals surface area contributed by atoms with Gasteiger partial charge in [0.05, 0.1) is 0 Å². The van der Waals surface area contributed by atoms with Crippen LogP contribution >= 0.6 is 0 Å². The van der Waals surface area contributed by atoms with Gasteiger partial charge in [0.25, 0.3) is 10.1 Å². The van der Waals surface area contributed by atoms with Gasteiger partial charge in [0.1, 0.15) is 4.90 Å². The molecule has 0 unspecified atom stereocenters. The zero-order chi connectivity index (χ0) is 29.8. The van der Waals surface area contributed by atoms with Gasteiger partial charge >= 0.3 is 0 Å². The van der Waals surface area contributed by atoms with Gasteiger partial charge in [-0.25, -0.2) is 0 Å². The van der Waals surface area contributed by atoms with Gasteiger partial charge in [-0.15, -0.1) is 0 Å². The molecule has 0 aliphatic carbocycles. The van der Waals surface area contributed by atoms with Crippen molar-refractivity contribution < 1.29 is 13.0 Å². The van der Waals surface area contributed by atoms with Crippen LogP contribution in [0.15, 0.2) is 71.6 Å². The Morgan fingerprint density at radius 2 is 1.00 bits per heavy atom. The maximum atomic E-state index is 13.3. The van der Waals surface area contributed by atoms with E-state index in [0.29, 0.717) is 10.9 Å². The molecule has 226 valence electrons. The smallest absolute Gasteiger partial charge is 0.282 e. The van der Waals surface area contributed by atoms with E-state index in [4.69, 9.17) is 0 Å². The maximum absolute atomic E-state index is 13.3. The lowest BCUT2D eigenvalue weighted by molar-refractivity contribution is 0.484. The molecular weight excluding hydrogens is 536 g/mol. The van der Waals surface area contributed by atoms with E-state index >= 15 is 0 Å². The lowest BCUT2D eigenvalue weighted by atomic mass is 9.84. The number of unbranched alkanes of at least 4 members (excludes halogenated alkanes) is 12. The lowest BCUT2D eigenvalue weighted by Crippen LogP contribution is -2.09. The summed E-state index contributed by atoms with van der Waals surface area (Å²) in [6.07, 6.45) is 18.8. The highest BCUT2D eigenvalue weighted by Gasteiger charge is 2.27. The number of rotatable bonds is 18. The zero-order valence-corrected chi connectivity index (χ0v) is 26.7. The van der Waals surface area contributed by atoms with E-state index < -0.39 is 10.1 Å². The highest BCUT2D eigenvalue weighted by Crippen LogP contribution is 2.43. The van der Waals surface area contributed by atoms with Crippen LogP contribution < -0.4 is 0 Å². The minimum Gasteiger partial charge on any atom is -0.282 e. The van der Waals surface area contributed by atoms with Gasteiger partial charge < -0.3 is 0 Å². The summed E-state index contributed by atoms with van der Waals surface area (Å²) in [6.45, 7) is 4.50. The van der Waals surface area contributed by atoms with Crippen LogP contribution in [0.4, 0.5) is 0 Å². The Morgan fingerprint density at radius 3 is 1.60 bits per heavy atom. The topological polar surface area (TPSA) is 54.4 Å². The standard InChI is InChI=1S/C38H50O3S/c1-3-5-7-9-11-13-15-25-32-33-26-19-20-28-36(33)38(42(39,40)41)37(35(32)27-16-14-12-10-8-6-4-2)34-29-21-23-30-22-17-18-24-31(30)34/h17-24,26,28-29H,3-16,25,27H2,1-2H3,(H,39,40,41). The number of fused-ring (bicyclic) bond motifs is 2. The van der Waals surface area contributed by atoms with Crippen molar-refractivity contribution in [3.05, 3.63) is 77.9 Å². The first-order valence-corrected chi connectivity index (χ1v) is 17.9. The highest BCUT2D eigenvalue weighted by atomic mass is 32.2. The van der Waals surface area contributed by atoms with Gasteiger partial charge in [0, 0.05) is 10.9 Å². The average Bonchev–Trinajstić information content (AvgIpc) is 2.99. The molecule has 0 radical (unpaired) electrons. The largest absolute Gasteiger partial charge is 0.295 e. The van der Waals surface area contributed by atoms with Crippen LogP contribution in [0.25, 0.3) is 32.7 Å².